The molecule has 0 spiro atoms. The number of carboxylic acid groups (broad SMARTS) is 1. The van der Waals surface area contributed by atoms with Gasteiger partial charge in [0.15, 0.2) is 0 Å². The van der Waals surface area contributed by atoms with Gasteiger partial charge >= 0.3 is 5.97 Å². The van der Waals surface area contributed by atoms with Gasteiger partial charge in [0.25, 0.3) is 0 Å². The van der Waals surface area contributed by atoms with Crippen LogP contribution in [-0.4, -0.2) is 36.6 Å². The molecule has 0 radical (unpaired) electrons. The summed E-state index contributed by atoms with van der Waals surface area (Å²) in [6, 6.07) is 0. The smallest absolute Gasteiger partial charge is 0.331 e. The Balaban J connectivity index is 2.43. The Labute approximate surface area is 79.0 Å². The fourth-order valence-electron chi connectivity index (χ4n) is 1.74. The Kier molecular flexibility index (Phi) is 3.48. The predicted octanol–water partition coefficient (Wildman–Crippen LogP) is 1.36. The number of allylic oxidation sites excluding steroid dienone is 1. The second-order valence-electron chi connectivity index (χ2n) is 3.83. The van der Waals surface area contributed by atoms with Crippen LogP contribution < -0.4 is 0 Å². The van der Waals surface area contributed by atoms with Crippen molar-refractivity contribution in [2.24, 2.45) is 5.92 Å². The highest BCUT2D eigenvalue weighted by atomic mass is 16.4. The summed E-state index contributed by atoms with van der Waals surface area (Å²) in [4.78, 5) is 12.9. The fourth-order valence-corrected chi connectivity index (χ4v) is 1.74. The number of aliphatic carboxylic acids is 1. The lowest BCUT2D eigenvalue weighted by atomic mass is 9.98. The average molecular weight is 183 g/mol. The second kappa shape index (κ2) is 4.42. The fraction of sp³-hybridized carbons (Fsp3) is 0.700. The van der Waals surface area contributed by atoms with Crippen molar-refractivity contribution in [1.82, 2.24) is 4.90 Å². The number of hydrogen-bond acceptors (Lipinski definition) is 2. The summed E-state index contributed by atoms with van der Waals surface area (Å²) in [6.45, 7) is 0.968. The molecular formula is C10H17NO2. The van der Waals surface area contributed by atoms with E-state index in [-0.39, 0.29) is 5.92 Å². The van der Waals surface area contributed by atoms with E-state index < -0.39 is 5.97 Å². The Morgan fingerprint density at radius 1 is 1.69 bits per heavy atom. The van der Waals surface area contributed by atoms with Gasteiger partial charge in [-0.15, -0.1) is 0 Å². The molecule has 0 amide bonds. The van der Waals surface area contributed by atoms with Gasteiger partial charge in [-0.1, -0.05) is 6.08 Å². The number of hydrogen-bond donors (Lipinski definition) is 1. The Hall–Kier alpha value is -0.830. The lowest BCUT2D eigenvalue weighted by Gasteiger charge is -2.15. The van der Waals surface area contributed by atoms with Gasteiger partial charge in [0, 0.05) is 5.57 Å². The third-order valence-corrected chi connectivity index (χ3v) is 2.49. The summed E-state index contributed by atoms with van der Waals surface area (Å²) in [5.41, 5.74) is 0.627. The molecule has 13 heavy (non-hydrogen) atoms. The van der Waals surface area contributed by atoms with Crippen molar-refractivity contribution < 1.29 is 9.90 Å². The van der Waals surface area contributed by atoms with E-state index in [0.717, 1.165) is 25.8 Å². The van der Waals surface area contributed by atoms with E-state index >= 15 is 0 Å². The molecule has 1 rings (SSSR count). The first kappa shape index (κ1) is 10.3. The van der Waals surface area contributed by atoms with Gasteiger partial charge in [-0.25, -0.2) is 4.79 Å². The van der Waals surface area contributed by atoms with Crippen LogP contribution in [0.3, 0.4) is 0 Å². The lowest BCUT2D eigenvalue weighted by Crippen LogP contribution is -2.18. The average Bonchev–Trinajstić information content (AvgIpc) is 2.47. The minimum atomic E-state index is -0.735. The summed E-state index contributed by atoms with van der Waals surface area (Å²) in [5, 5.41) is 8.87. The number of carboxylic acids is 1. The molecule has 0 aromatic heterocycles. The van der Waals surface area contributed by atoms with Crippen molar-refractivity contribution in [2.75, 3.05) is 20.6 Å². The number of rotatable bonds is 4. The summed E-state index contributed by atoms with van der Waals surface area (Å²) in [5.74, 6) is -0.457. The highest BCUT2D eigenvalue weighted by molar-refractivity contribution is 5.87. The van der Waals surface area contributed by atoms with Crippen molar-refractivity contribution in [2.45, 2.75) is 19.3 Å². The van der Waals surface area contributed by atoms with Gasteiger partial charge in [0.05, 0.1) is 0 Å². The zero-order chi connectivity index (χ0) is 9.84. The zero-order valence-corrected chi connectivity index (χ0v) is 8.29. The van der Waals surface area contributed by atoms with E-state index in [1.54, 1.807) is 0 Å². The molecule has 3 heteroatoms. The summed E-state index contributed by atoms with van der Waals surface area (Å²) < 4.78 is 0. The summed E-state index contributed by atoms with van der Waals surface area (Å²) in [6.07, 6.45) is 4.77. The van der Waals surface area contributed by atoms with Crippen LogP contribution in [0.1, 0.15) is 19.3 Å². The highest BCUT2D eigenvalue weighted by Crippen LogP contribution is 2.28. The van der Waals surface area contributed by atoms with Crippen molar-refractivity contribution in [3.05, 3.63) is 11.6 Å². The van der Waals surface area contributed by atoms with E-state index in [1.165, 1.54) is 0 Å². The molecule has 0 saturated carbocycles. The van der Waals surface area contributed by atoms with E-state index in [4.69, 9.17) is 5.11 Å². The Morgan fingerprint density at radius 2 is 2.38 bits per heavy atom. The third-order valence-electron chi connectivity index (χ3n) is 2.49. The molecular weight excluding hydrogens is 166 g/mol. The van der Waals surface area contributed by atoms with Crippen LogP contribution in [-0.2, 0) is 4.79 Å². The van der Waals surface area contributed by atoms with Crippen molar-refractivity contribution >= 4 is 5.97 Å². The maximum absolute atomic E-state index is 10.8. The van der Waals surface area contributed by atoms with Crippen molar-refractivity contribution in [3.63, 3.8) is 0 Å². The first-order valence-corrected chi connectivity index (χ1v) is 4.69. The predicted molar refractivity (Wildman–Crippen MR) is 51.6 cm³/mol. The zero-order valence-electron chi connectivity index (χ0n) is 8.29. The summed E-state index contributed by atoms with van der Waals surface area (Å²) >= 11 is 0. The molecule has 0 aromatic carbocycles. The van der Waals surface area contributed by atoms with Crippen LogP contribution in [0, 0.1) is 5.92 Å². The molecule has 1 atom stereocenters. The maximum atomic E-state index is 10.8. The second-order valence-corrected chi connectivity index (χ2v) is 3.83. The number of carbonyl (C=O) groups is 1. The Bertz CT molecular complexity index is 221. The van der Waals surface area contributed by atoms with E-state index in [2.05, 4.69) is 4.90 Å². The molecule has 1 aliphatic rings. The van der Waals surface area contributed by atoms with Gasteiger partial charge in [-0.3, -0.25) is 0 Å². The topological polar surface area (TPSA) is 40.5 Å². The SMILES string of the molecule is CN(C)CCC1CCC=C1C(=O)O. The van der Waals surface area contributed by atoms with Gasteiger partial charge in [0.2, 0.25) is 0 Å². The normalized spacial score (nSPS) is 22.1. The van der Waals surface area contributed by atoms with Crippen LogP contribution in [0.15, 0.2) is 11.6 Å². The molecule has 0 heterocycles. The van der Waals surface area contributed by atoms with Gasteiger partial charge in [-0.05, 0) is 45.8 Å². The monoisotopic (exact) mass is 183 g/mol. The van der Waals surface area contributed by atoms with E-state index in [1.807, 2.05) is 20.2 Å². The first-order chi connectivity index (χ1) is 6.11. The van der Waals surface area contributed by atoms with Crippen LogP contribution in [0.4, 0.5) is 0 Å². The molecule has 0 aromatic rings. The van der Waals surface area contributed by atoms with E-state index in [9.17, 15) is 4.79 Å². The van der Waals surface area contributed by atoms with Crippen molar-refractivity contribution in [3.8, 4) is 0 Å². The molecule has 1 N–H and O–H groups in total. The largest absolute Gasteiger partial charge is 0.478 e. The van der Waals surface area contributed by atoms with Gasteiger partial charge < -0.3 is 10.0 Å². The van der Waals surface area contributed by atoms with Gasteiger partial charge in [-0.2, -0.15) is 0 Å². The molecule has 1 aliphatic carbocycles. The molecule has 0 saturated heterocycles. The molecule has 74 valence electrons. The first-order valence-electron chi connectivity index (χ1n) is 4.69. The van der Waals surface area contributed by atoms with Crippen molar-refractivity contribution in [1.29, 1.82) is 0 Å². The van der Waals surface area contributed by atoms with Crippen LogP contribution in [0.25, 0.3) is 0 Å². The minimum absolute atomic E-state index is 0.278. The minimum Gasteiger partial charge on any atom is -0.478 e. The standard InChI is InChI=1S/C10H17NO2/c1-11(2)7-6-8-4-3-5-9(8)10(12)13/h5,8H,3-4,6-7H2,1-2H3,(H,12,13). The van der Waals surface area contributed by atoms with Gasteiger partial charge in [0.1, 0.15) is 0 Å². The van der Waals surface area contributed by atoms with Crippen LogP contribution >= 0.6 is 0 Å². The molecule has 0 aliphatic heterocycles. The quantitative estimate of drug-likeness (QED) is 0.715. The lowest BCUT2D eigenvalue weighted by molar-refractivity contribution is -0.133. The molecule has 0 fully saturated rings. The molecule has 0 bridgehead atoms. The maximum Gasteiger partial charge on any atom is 0.331 e. The summed E-state index contributed by atoms with van der Waals surface area (Å²) in [7, 11) is 4.03. The number of nitrogens with zero attached hydrogens (tertiary/aromatic N) is 1. The van der Waals surface area contributed by atoms with E-state index in [0.29, 0.717) is 5.57 Å². The Morgan fingerprint density at radius 3 is 2.92 bits per heavy atom. The van der Waals surface area contributed by atoms with Crippen LogP contribution in [0.5, 0.6) is 0 Å². The highest BCUT2D eigenvalue weighted by Gasteiger charge is 2.23. The molecule has 3 nitrogen and oxygen atoms in total. The molecule has 1 unspecified atom stereocenters. The third kappa shape index (κ3) is 2.84. The van der Waals surface area contributed by atoms with Crippen LogP contribution in [0.2, 0.25) is 0 Å².